The summed E-state index contributed by atoms with van der Waals surface area (Å²) in [6.07, 6.45) is 12.8. The van der Waals surface area contributed by atoms with E-state index in [4.69, 9.17) is 0 Å². The fourth-order valence-corrected chi connectivity index (χ4v) is 9.13. The molecule has 1 nitrogen and oxygen atoms in total. The first-order valence-corrected chi connectivity index (χ1v) is 14.5. The van der Waals surface area contributed by atoms with Crippen LogP contribution in [0.1, 0.15) is 76.7 Å². The van der Waals surface area contributed by atoms with Crippen LogP contribution in [-0.2, 0) is 0 Å². The van der Waals surface area contributed by atoms with Crippen LogP contribution in [0.15, 0.2) is 24.3 Å². The number of benzene rings is 1. The van der Waals surface area contributed by atoms with Gasteiger partial charge in [-0.25, -0.2) is 4.39 Å². The molecule has 160 valence electrons. The fraction of sp³-hybridized carbons (Fsp3) is 0.692. The van der Waals surface area contributed by atoms with Crippen LogP contribution in [0.5, 0.6) is 0 Å². The van der Waals surface area contributed by atoms with Crippen LogP contribution in [0.3, 0.4) is 0 Å². The van der Waals surface area contributed by atoms with E-state index in [1.807, 2.05) is 0 Å². The number of aliphatic hydroxyl groups excluding tert-OH is 1. The van der Waals surface area contributed by atoms with Crippen molar-refractivity contribution >= 4 is 8.80 Å². The number of rotatable bonds is 7. The van der Waals surface area contributed by atoms with Gasteiger partial charge in [-0.3, -0.25) is 0 Å². The second-order valence-corrected chi connectivity index (χ2v) is 13.0. The number of aliphatic hydroxyl groups is 1. The molecule has 2 fully saturated rings. The molecule has 1 unspecified atom stereocenters. The largest absolute Gasteiger partial charge is 0.380 e. The molecule has 0 bridgehead atoms. The van der Waals surface area contributed by atoms with Crippen molar-refractivity contribution < 1.29 is 9.50 Å². The lowest BCUT2D eigenvalue weighted by atomic mass is 9.73. The molecular formula is C26H39FOSi. The van der Waals surface area contributed by atoms with Gasteiger partial charge in [0.15, 0.2) is 0 Å². The number of hydrogen-bond donors (Lipinski definition) is 1. The van der Waals surface area contributed by atoms with Gasteiger partial charge in [-0.15, -0.1) is 0 Å². The van der Waals surface area contributed by atoms with Crippen LogP contribution in [0.2, 0.25) is 18.1 Å². The Morgan fingerprint density at radius 1 is 1.00 bits per heavy atom. The summed E-state index contributed by atoms with van der Waals surface area (Å²) in [6, 6.07) is 11.0. The summed E-state index contributed by atoms with van der Waals surface area (Å²) in [6.45, 7) is 2.31. The molecule has 1 N–H and O–H groups in total. The molecule has 3 rings (SSSR count). The zero-order valence-electron chi connectivity index (χ0n) is 18.2. The Morgan fingerprint density at radius 3 is 2.31 bits per heavy atom. The maximum absolute atomic E-state index is 12.9. The van der Waals surface area contributed by atoms with Gasteiger partial charge in [0.05, 0.1) is 0 Å². The van der Waals surface area contributed by atoms with Crippen molar-refractivity contribution in [2.45, 2.75) is 95.4 Å². The molecule has 29 heavy (non-hydrogen) atoms. The molecule has 1 heterocycles. The summed E-state index contributed by atoms with van der Waals surface area (Å²) in [7, 11) is -0.389. The van der Waals surface area contributed by atoms with Crippen LogP contribution in [0, 0.1) is 35.4 Å². The minimum atomic E-state index is -0.564. The van der Waals surface area contributed by atoms with Crippen molar-refractivity contribution in [2.24, 2.45) is 17.8 Å². The standard InChI is InChI=1S/C26H39FOSi/c1-2-3-4-17-29-18-15-24(16-19-29)23-10-5-22(6-11-23)20-26(28)14-9-21-7-12-25(27)13-8-21/h7-8,12-13,22-24,26,28-29H,2-6,10-11,15-20H2,1H3/t22-,23-,24?,26?,29?. The van der Waals surface area contributed by atoms with Crippen LogP contribution in [0.4, 0.5) is 4.39 Å². The van der Waals surface area contributed by atoms with Gasteiger partial charge in [-0.2, -0.15) is 0 Å². The summed E-state index contributed by atoms with van der Waals surface area (Å²) in [5, 5.41) is 10.3. The van der Waals surface area contributed by atoms with Crippen LogP contribution in [0.25, 0.3) is 0 Å². The van der Waals surface area contributed by atoms with E-state index < -0.39 is 6.10 Å². The van der Waals surface area contributed by atoms with Crippen molar-refractivity contribution in [3.05, 3.63) is 35.6 Å². The third kappa shape index (κ3) is 7.57. The molecule has 1 aromatic carbocycles. The average Bonchev–Trinajstić information content (AvgIpc) is 2.75. The first-order valence-electron chi connectivity index (χ1n) is 12.1. The van der Waals surface area contributed by atoms with Gasteiger partial charge in [0, 0.05) is 14.4 Å². The third-order valence-corrected chi connectivity index (χ3v) is 11.0. The van der Waals surface area contributed by atoms with Gasteiger partial charge in [-0.05, 0) is 61.3 Å². The number of hydrogen-bond acceptors (Lipinski definition) is 1. The highest BCUT2D eigenvalue weighted by Crippen LogP contribution is 2.41. The monoisotopic (exact) mass is 414 g/mol. The van der Waals surface area contributed by atoms with E-state index in [2.05, 4.69) is 18.8 Å². The molecule has 1 aromatic rings. The van der Waals surface area contributed by atoms with Crippen LogP contribution >= 0.6 is 0 Å². The second-order valence-electron chi connectivity index (χ2n) is 9.59. The van der Waals surface area contributed by atoms with Gasteiger partial charge in [0.2, 0.25) is 0 Å². The lowest BCUT2D eigenvalue weighted by Crippen LogP contribution is -2.29. The highest BCUT2D eigenvalue weighted by molar-refractivity contribution is 6.58. The van der Waals surface area contributed by atoms with Crippen molar-refractivity contribution in [2.75, 3.05) is 0 Å². The minimum absolute atomic E-state index is 0.250. The van der Waals surface area contributed by atoms with Crippen LogP contribution in [-0.4, -0.2) is 20.0 Å². The Morgan fingerprint density at radius 2 is 1.66 bits per heavy atom. The summed E-state index contributed by atoms with van der Waals surface area (Å²) >= 11 is 0. The summed E-state index contributed by atoms with van der Waals surface area (Å²) in [5.41, 5.74) is 0.767. The maximum Gasteiger partial charge on any atom is 0.123 e. The number of unbranched alkanes of at least 4 members (excludes halogenated alkanes) is 2. The molecule has 1 atom stereocenters. The van der Waals surface area contributed by atoms with E-state index in [1.54, 1.807) is 30.3 Å². The highest BCUT2D eigenvalue weighted by Gasteiger charge is 2.31. The van der Waals surface area contributed by atoms with E-state index in [9.17, 15) is 9.50 Å². The second kappa shape index (κ2) is 11.9. The SMILES string of the molecule is CCCCC[SiH]1CCC([C@H]2CC[C@H](CC(O)C#Cc3ccc(F)cc3)CC2)CC1. The van der Waals surface area contributed by atoms with Crippen molar-refractivity contribution in [3.8, 4) is 11.8 Å². The van der Waals surface area contributed by atoms with Gasteiger partial charge in [0.1, 0.15) is 11.9 Å². The zero-order valence-corrected chi connectivity index (χ0v) is 19.4. The maximum atomic E-state index is 12.9. The van der Waals surface area contributed by atoms with Gasteiger partial charge < -0.3 is 5.11 Å². The minimum Gasteiger partial charge on any atom is -0.380 e. The summed E-state index contributed by atoms with van der Waals surface area (Å²) < 4.78 is 12.9. The van der Waals surface area contributed by atoms with E-state index in [0.29, 0.717) is 5.92 Å². The predicted molar refractivity (Wildman–Crippen MR) is 123 cm³/mol. The molecule has 3 heteroatoms. The molecule has 1 saturated heterocycles. The average molecular weight is 415 g/mol. The molecule has 1 saturated carbocycles. The normalized spacial score (nSPS) is 28.4. The summed E-state index contributed by atoms with van der Waals surface area (Å²) in [5.74, 6) is 8.24. The smallest absolute Gasteiger partial charge is 0.123 e. The lowest BCUT2D eigenvalue weighted by Gasteiger charge is -2.37. The van der Waals surface area contributed by atoms with Crippen molar-refractivity contribution in [1.82, 2.24) is 0 Å². The van der Waals surface area contributed by atoms with E-state index >= 15 is 0 Å². The molecule has 1 aliphatic heterocycles. The summed E-state index contributed by atoms with van der Waals surface area (Å²) in [4.78, 5) is 0. The van der Waals surface area contributed by atoms with Gasteiger partial charge in [-0.1, -0.05) is 81.8 Å². The first kappa shape index (κ1) is 22.6. The van der Waals surface area contributed by atoms with E-state index in [1.165, 1.54) is 69.9 Å². The first-order chi connectivity index (χ1) is 14.1. The molecule has 0 aromatic heterocycles. The topological polar surface area (TPSA) is 20.2 Å². The van der Waals surface area contributed by atoms with Crippen molar-refractivity contribution in [3.63, 3.8) is 0 Å². The molecule has 1 aliphatic carbocycles. The quantitative estimate of drug-likeness (QED) is 0.304. The molecule has 0 radical (unpaired) electrons. The predicted octanol–water partition coefficient (Wildman–Crippen LogP) is 6.56. The lowest BCUT2D eigenvalue weighted by molar-refractivity contribution is 0.142. The Hall–Kier alpha value is -1.11. The van der Waals surface area contributed by atoms with Gasteiger partial charge in [0.25, 0.3) is 0 Å². The number of halogens is 1. The molecule has 0 amide bonds. The van der Waals surface area contributed by atoms with Gasteiger partial charge >= 0.3 is 0 Å². The third-order valence-electron chi connectivity index (χ3n) is 7.45. The van der Waals surface area contributed by atoms with Crippen LogP contribution < -0.4 is 0 Å². The Bertz CT molecular complexity index is 646. The Balaban J connectivity index is 1.35. The van der Waals surface area contributed by atoms with E-state index in [-0.39, 0.29) is 14.6 Å². The molecule has 0 spiro atoms. The van der Waals surface area contributed by atoms with Crippen molar-refractivity contribution in [1.29, 1.82) is 0 Å². The fourth-order valence-electron chi connectivity index (χ4n) is 5.60. The molecule has 2 aliphatic rings. The Kier molecular flexibility index (Phi) is 9.27. The Labute approximate surface area is 179 Å². The molecular weight excluding hydrogens is 375 g/mol. The highest BCUT2D eigenvalue weighted by atomic mass is 28.3. The zero-order chi connectivity index (χ0) is 20.5. The van der Waals surface area contributed by atoms with E-state index in [0.717, 1.165) is 23.8 Å².